The van der Waals surface area contributed by atoms with E-state index in [1.165, 1.54) is 19.1 Å². The van der Waals surface area contributed by atoms with E-state index in [1.54, 1.807) is 6.07 Å². The fraction of sp³-hybridized carbons (Fsp3) is 0.394. The minimum Gasteiger partial charge on any atom is -0.495 e. The van der Waals surface area contributed by atoms with Crippen molar-refractivity contribution < 1.29 is 49.8 Å². The van der Waals surface area contributed by atoms with Crippen molar-refractivity contribution in [2.24, 2.45) is 0 Å². The molecule has 7 nitrogen and oxygen atoms in total. The standard InChI is InChI=1S/C33H34F7N3O4/c1-4-42(26-11-5-6-12-27(26)46-3)20-19-41(2)30(45)31(47-23-15-13-22(14-16-23)32(35,36)37)17-8-18-43(21-31)29(44)28-24(33(38,39)40)9-7-10-25(28)34/h5-7,9-16H,4,8,17-21H2,1-3H3. The first-order valence-corrected chi connectivity index (χ1v) is 14.8. The fourth-order valence-corrected chi connectivity index (χ4v) is 5.63. The third-order valence-electron chi connectivity index (χ3n) is 8.02. The van der Waals surface area contributed by atoms with Crippen LogP contribution in [0.15, 0.2) is 66.7 Å². The Morgan fingerprint density at radius 3 is 2.21 bits per heavy atom. The molecule has 2 amide bonds. The number of carbonyl (C=O) groups excluding carboxylic acids is 2. The smallest absolute Gasteiger partial charge is 0.417 e. The summed E-state index contributed by atoms with van der Waals surface area (Å²) in [5.41, 5.74) is -4.76. The van der Waals surface area contributed by atoms with Crippen LogP contribution in [0.2, 0.25) is 0 Å². The summed E-state index contributed by atoms with van der Waals surface area (Å²) in [4.78, 5) is 31.9. The van der Waals surface area contributed by atoms with Crippen molar-refractivity contribution in [1.29, 1.82) is 0 Å². The second kappa shape index (κ2) is 14.1. The van der Waals surface area contributed by atoms with Crippen LogP contribution in [0.1, 0.15) is 41.3 Å². The summed E-state index contributed by atoms with van der Waals surface area (Å²) in [5, 5.41) is 0. The molecule has 1 aliphatic rings. The van der Waals surface area contributed by atoms with Gasteiger partial charge >= 0.3 is 12.4 Å². The van der Waals surface area contributed by atoms with E-state index in [2.05, 4.69) is 0 Å². The zero-order valence-electron chi connectivity index (χ0n) is 25.9. The number of ether oxygens (including phenoxy) is 2. The van der Waals surface area contributed by atoms with Gasteiger partial charge in [-0.3, -0.25) is 9.59 Å². The normalized spacial score (nSPS) is 16.9. The third-order valence-corrected chi connectivity index (χ3v) is 8.02. The Labute approximate surface area is 267 Å². The Morgan fingerprint density at radius 1 is 0.915 bits per heavy atom. The van der Waals surface area contributed by atoms with Crippen LogP contribution in [0.4, 0.5) is 36.4 Å². The molecule has 14 heteroatoms. The zero-order valence-corrected chi connectivity index (χ0v) is 25.9. The van der Waals surface area contributed by atoms with Crippen molar-refractivity contribution in [1.82, 2.24) is 9.80 Å². The third kappa shape index (κ3) is 7.91. The van der Waals surface area contributed by atoms with Crippen molar-refractivity contribution >= 4 is 17.5 Å². The number of benzene rings is 3. The van der Waals surface area contributed by atoms with Gasteiger partial charge in [-0.05, 0) is 68.3 Å². The van der Waals surface area contributed by atoms with E-state index in [0.29, 0.717) is 24.9 Å². The summed E-state index contributed by atoms with van der Waals surface area (Å²) in [6, 6.07) is 13.0. The van der Waals surface area contributed by atoms with Gasteiger partial charge in [0.25, 0.3) is 11.8 Å². The van der Waals surface area contributed by atoms with Gasteiger partial charge in [-0.25, -0.2) is 4.39 Å². The van der Waals surface area contributed by atoms with Crippen molar-refractivity contribution in [2.45, 2.75) is 37.7 Å². The molecule has 3 aromatic rings. The summed E-state index contributed by atoms with van der Waals surface area (Å²) in [6.07, 6.45) is -9.62. The van der Waals surface area contributed by atoms with E-state index in [4.69, 9.17) is 9.47 Å². The zero-order chi connectivity index (χ0) is 34.6. The van der Waals surface area contributed by atoms with E-state index >= 15 is 0 Å². The van der Waals surface area contributed by atoms with Gasteiger partial charge in [0.05, 0.1) is 36.0 Å². The molecule has 0 radical (unpaired) electrons. The molecule has 0 saturated carbocycles. The highest BCUT2D eigenvalue weighted by atomic mass is 19.4. The SMILES string of the molecule is CCN(CCN(C)C(=O)C1(Oc2ccc(C(F)(F)F)cc2)CCCN(C(=O)c2c(F)cccc2C(F)(F)F)C1)c1ccccc1OC. The number of likely N-dealkylation sites (tertiary alicyclic amines) is 1. The molecule has 0 aliphatic carbocycles. The summed E-state index contributed by atoms with van der Waals surface area (Å²) < 4.78 is 107. The quantitative estimate of drug-likeness (QED) is 0.220. The van der Waals surface area contributed by atoms with Crippen LogP contribution >= 0.6 is 0 Å². The van der Waals surface area contributed by atoms with Crippen molar-refractivity contribution in [2.75, 3.05) is 51.8 Å². The molecule has 1 saturated heterocycles. The lowest BCUT2D eigenvalue weighted by molar-refractivity contribution is -0.151. The molecule has 0 N–H and O–H groups in total. The highest BCUT2D eigenvalue weighted by molar-refractivity contribution is 5.97. The molecule has 254 valence electrons. The van der Waals surface area contributed by atoms with Crippen LogP contribution in [-0.2, 0) is 17.1 Å². The van der Waals surface area contributed by atoms with Gasteiger partial charge in [0.1, 0.15) is 17.3 Å². The molecule has 0 spiro atoms. The van der Waals surface area contributed by atoms with Gasteiger partial charge in [-0.2, -0.15) is 26.3 Å². The topological polar surface area (TPSA) is 62.3 Å². The number of para-hydroxylation sites is 2. The van der Waals surface area contributed by atoms with E-state index in [1.807, 2.05) is 30.0 Å². The van der Waals surface area contributed by atoms with Crippen molar-refractivity contribution in [3.05, 3.63) is 89.2 Å². The number of nitrogens with zero attached hydrogens (tertiary/aromatic N) is 3. The Balaban J connectivity index is 1.66. The first kappa shape index (κ1) is 35.4. The fourth-order valence-electron chi connectivity index (χ4n) is 5.63. The predicted molar refractivity (Wildman–Crippen MR) is 160 cm³/mol. The Hall–Kier alpha value is -4.49. The number of anilines is 1. The highest BCUT2D eigenvalue weighted by Gasteiger charge is 2.49. The lowest BCUT2D eigenvalue weighted by atomic mass is 9.89. The summed E-state index contributed by atoms with van der Waals surface area (Å²) in [6.45, 7) is 2.21. The average molecular weight is 670 g/mol. The first-order valence-electron chi connectivity index (χ1n) is 14.8. The number of hydrogen-bond donors (Lipinski definition) is 0. The van der Waals surface area contributed by atoms with E-state index in [9.17, 15) is 40.3 Å². The number of amides is 2. The number of hydrogen-bond acceptors (Lipinski definition) is 5. The maximum absolute atomic E-state index is 14.8. The lowest BCUT2D eigenvalue weighted by Crippen LogP contribution is -2.62. The van der Waals surface area contributed by atoms with Crippen LogP contribution in [0.5, 0.6) is 11.5 Å². The number of piperidine rings is 1. The van der Waals surface area contributed by atoms with E-state index in [0.717, 1.165) is 47.0 Å². The predicted octanol–water partition coefficient (Wildman–Crippen LogP) is 6.91. The minimum atomic E-state index is -5.04. The van der Waals surface area contributed by atoms with Gasteiger partial charge in [0, 0.05) is 33.2 Å². The molecule has 1 atom stereocenters. The Morgan fingerprint density at radius 2 is 1.60 bits per heavy atom. The number of methoxy groups -OCH3 is 1. The molecular weight excluding hydrogens is 635 g/mol. The molecule has 4 rings (SSSR count). The van der Waals surface area contributed by atoms with Crippen LogP contribution in [0, 0.1) is 5.82 Å². The van der Waals surface area contributed by atoms with Gasteiger partial charge in [-0.15, -0.1) is 0 Å². The van der Waals surface area contributed by atoms with Crippen molar-refractivity contribution in [3.63, 3.8) is 0 Å². The Kier molecular flexibility index (Phi) is 10.6. The van der Waals surface area contributed by atoms with Crippen LogP contribution in [-0.4, -0.2) is 74.1 Å². The maximum atomic E-state index is 14.8. The van der Waals surface area contributed by atoms with Gasteiger partial charge in [0.15, 0.2) is 0 Å². The molecule has 0 bridgehead atoms. The lowest BCUT2D eigenvalue weighted by Gasteiger charge is -2.43. The summed E-state index contributed by atoms with van der Waals surface area (Å²) in [5.74, 6) is -2.85. The number of likely N-dealkylation sites (N-methyl/N-ethyl adjacent to an activating group) is 2. The molecule has 1 heterocycles. The first-order chi connectivity index (χ1) is 22.1. The molecule has 47 heavy (non-hydrogen) atoms. The molecule has 1 unspecified atom stereocenters. The largest absolute Gasteiger partial charge is 0.495 e. The van der Waals surface area contributed by atoms with E-state index < -0.39 is 58.8 Å². The number of halogens is 7. The number of carbonyl (C=O) groups is 2. The molecule has 3 aromatic carbocycles. The molecule has 0 aromatic heterocycles. The summed E-state index contributed by atoms with van der Waals surface area (Å²) >= 11 is 0. The average Bonchev–Trinajstić information content (AvgIpc) is 3.03. The molecule has 1 aliphatic heterocycles. The minimum absolute atomic E-state index is 0.0195. The number of alkyl halides is 6. The Bertz CT molecular complexity index is 1560. The monoisotopic (exact) mass is 669 g/mol. The number of rotatable bonds is 10. The van der Waals surface area contributed by atoms with Crippen LogP contribution < -0.4 is 14.4 Å². The second-order valence-electron chi connectivity index (χ2n) is 11.1. The van der Waals surface area contributed by atoms with Gasteiger partial charge in [0.2, 0.25) is 5.60 Å². The summed E-state index contributed by atoms with van der Waals surface area (Å²) in [7, 11) is 3.01. The molecular formula is C33H34F7N3O4. The highest BCUT2D eigenvalue weighted by Crippen LogP contribution is 2.37. The van der Waals surface area contributed by atoms with Crippen LogP contribution in [0.25, 0.3) is 0 Å². The van der Waals surface area contributed by atoms with Crippen LogP contribution in [0.3, 0.4) is 0 Å². The van der Waals surface area contributed by atoms with Gasteiger partial charge < -0.3 is 24.2 Å². The van der Waals surface area contributed by atoms with Crippen molar-refractivity contribution in [3.8, 4) is 11.5 Å². The molecule has 1 fully saturated rings. The second-order valence-corrected chi connectivity index (χ2v) is 11.1. The van der Waals surface area contributed by atoms with Gasteiger partial charge in [-0.1, -0.05) is 18.2 Å². The maximum Gasteiger partial charge on any atom is 0.417 e. The van der Waals surface area contributed by atoms with E-state index in [-0.39, 0.29) is 31.7 Å².